The predicted molar refractivity (Wildman–Crippen MR) is 130 cm³/mol. The quantitative estimate of drug-likeness (QED) is 0.399. The zero-order chi connectivity index (χ0) is 22.8. The van der Waals surface area contributed by atoms with Crippen LogP contribution in [0.1, 0.15) is 55.1 Å². The molecule has 1 amide bonds. The van der Waals surface area contributed by atoms with Crippen LogP contribution in [0.15, 0.2) is 30.3 Å². The highest BCUT2D eigenvalue weighted by atomic mass is 35.5. The predicted octanol–water partition coefficient (Wildman–Crippen LogP) is 7.13. The van der Waals surface area contributed by atoms with Gasteiger partial charge in [0, 0.05) is 11.1 Å². The van der Waals surface area contributed by atoms with Crippen molar-refractivity contribution in [1.29, 1.82) is 5.26 Å². The van der Waals surface area contributed by atoms with Crippen molar-refractivity contribution in [2.45, 2.75) is 45.1 Å². The Hall–Kier alpha value is -2.04. The van der Waals surface area contributed by atoms with Gasteiger partial charge in [0.05, 0.1) is 19.9 Å². The van der Waals surface area contributed by atoms with Crippen molar-refractivity contribution in [2.24, 2.45) is 5.92 Å². The van der Waals surface area contributed by atoms with Crippen LogP contribution in [0.4, 0.5) is 0 Å². The number of nitriles is 1. The highest BCUT2D eigenvalue weighted by Crippen LogP contribution is 2.37. The Balaban J connectivity index is 1.78. The summed E-state index contributed by atoms with van der Waals surface area (Å²) in [5.41, 5.74) is 1.25. The fraction of sp³-hybridized carbons (Fsp3) is 0.348. The number of aromatic nitrogens is 2. The standard InChI is InChI=1S/C23H21Cl3N4OS/c1-13(14-5-3-2-4-6-14)28-23(31)21-16(12-27)22(19-9-10-20(26)32-19)30(29-21)18-8-7-15(24)11-17(18)25/h7-11,13-14H,2-6H2,1H3,(H,28,31). The Labute approximate surface area is 205 Å². The molecule has 1 aliphatic carbocycles. The van der Waals surface area contributed by atoms with Crippen molar-refractivity contribution in [2.75, 3.05) is 0 Å². The van der Waals surface area contributed by atoms with Gasteiger partial charge in [0.25, 0.3) is 5.91 Å². The van der Waals surface area contributed by atoms with Crippen LogP contribution >= 0.6 is 46.1 Å². The van der Waals surface area contributed by atoms with Gasteiger partial charge in [-0.15, -0.1) is 11.3 Å². The Kier molecular flexibility index (Phi) is 7.11. The summed E-state index contributed by atoms with van der Waals surface area (Å²) in [6, 6.07) is 10.7. The molecule has 32 heavy (non-hydrogen) atoms. The second-order valence-electron chi connectivity index (χ2n) is 7.96. The first-order valence-corrected chi connectivity index (χ1v) is 12.4. The molecular formula is C23H21Cl3N4OS. The van der Waals surface area contributed by atoms with Gasteiger partial charge in [-0.25, -0.2) is 4.68 Å². The molecule has 0 bridgehead atoms. The molecule has 1 atom stereocenters. The molecule has 0 spiro atoms. The molecule has 3 aromatic rings. The summed E-state index contributed by atoms with van der Waals surface area (Å²) in [6.45, 7) is 2.02. The first kappa shape index (κ1) is 23.1. The largest absolute Gasteiger partial charge is 0.348 e. The number of hydrogen-bond acceptors (Lipinski definition) is 4. The van der Waals surface area contributed by atoms with Crippen LogP contribution in [0.5, 0.6) is 0 Å². The molecular weight excluding hydrogens is 487 g/mol. The van der Waals surface area contributed by atoms with E-state index in [4.69, 9.17) is 34.8 Å². The van der Waals surface area contributed by atoms with Gasteiger partial charge in [-0.2, -0.15) is 10.4 Å². The molecule has 0 radical (unpaired) electrons. The Morgan fingerprint density at radius 1 is 1.22 bits per heavy atom. The molecule has 4 rings (SSSR count). The lowest BCUT2D eigenvalue weighted by Gasteiger charge is -2.28. The van der Waals surface area contributed by atoms with Gasteiger partial charge in [-0.1, -0.05) is 54.1 Å². The number of rotatable bonds is 5. The van der Waals surface area contributed by atoms with E-state index < -0.39 is 0 Å². The van der Waals surface area contributed by atoms with E-state index in [0.717, 1.165) is 12.8 Å². The highest BCUT2D eigenvalue weighted by molar-refractivity contribution is 7.19. The van der Waals surface area contributed by atoms with E-state index in [0.29, 0.717) is 36.6 Å². The lowest BCUT2D eigenvalue weighted by atomic mass is 9.84. The molecule has 1 unspecified atom stereocenters. The average molecular weight is 508 g/mol. The first-order valence-electron chi connectivity index (χ1n) is 10.4. The molecule has 1 saturated carbocycles. The van der Waals surface area contributed by atoms with E-state index >= 15 is 0 Å². The van der Waals surface area contributed by atoms with Crippen molar-refractivity contribution in [3.63, 3.8) is 0 Å². The summed E-state index contributed by atoms with van der Waals surface area (Å²) < 4.78 is 2.09. The molecule has 1 N–H and O–H groups in total. The van der Waals surface area contributed by atoms with Gasteiger partial charge in [-0.05, 0) is 56.0 Å². The van der Waals surface area contributed by atoms with Gasteiger partial charge in [0.1, 0.15) is 17.3 Å². The number of thiophene rings is 1. The number of nitrogens with one attached hydrogen (secondary N) is 1. The minimum Gasteiger partial charge on any atom is -0.348 e. The van der Waals surface area contributed by atoms with Crippen molar-refractivity contribution in [1.82, 2.24) is 15.1 Å². The Morgan fingerprint density at radius 2 is 1.97 bits per heavy atom. The molecule has 0 saturated heterocycles. The minimum absolute atomic E-state index is 0.00163. The lowest BCUT2D eigenvalue weighted by Crippen LogP contribution is -2.39. The van der Waals surface area contributed by atoms with Crippen molar-refractivity contribution < 1.29 is 4.79 Å². The first-order chi connectivity index (χ1) is 15.4. The Morgan fingerprint density at radius 3 is 2.59 bits per heavy atom. The van der Waals surface area contributed by atoms with E-state index in [2.05, 4.69) is 16.5 Å². The van der Waals surface area contributed by atoms with Crippen molar-refractivity contribution >= 4 is 52.0 Å². The second-order valence-corrected chi connectivity index (χ2v) is 10.5. The third-order valence-electron chi connectivity index (χ3n) is 5.87. The summed E-state index contributed by atoms with van der Waals surface area (Å²) in [7, 11) is 0. The smallest absolute Gasteiger partial charge is 0.273 e. The third-order valence-corrected chi connectivity index (χ3v) is 7.65. The van der Waals surface area contributed by atoms with Gasteiger partial charge in [-0.3, -0.25) is 4.79 Å². The maximum Gasteiger partial charge on any atom is 0.273 e. The number of halogens is 3. The van der Waals surface area contributed by atoms with Crippen LogP contribution in [-0.2, 0) is 0 Å². The van der Waals surface area contributed by atoms with Crippen LogP contribution in [0.25, 0.3) is 16.3 Å². The lowest BCUT2D eigenvalue weighted by molar-refractivity contribution is 0.0913. The molecule has 166 valence electrons. The molecule has 1 aromatic carbocycles. The monoisotopic (exact) mass is 506 g/mol. The maximum atomic E-state index is 13.2. The molecule has 5 nitrogen and oxygen atoms in total. The zero-order valence-electron chi connectivity index (χ0n) is 17.4. The van der Waals surface area contributed by atoms with Crippen LogP contribution in [-0.4, -0.2) is 21.7 Å². The third kappa shape index (κ3) is 4.67. The fourth-order valence-electron chi connectivity index (χ4n) is 4.21. The van der Waals surface area contributed by atoms with E-state index in [-0.39, 0.29) is 23.2 Å². The zero-order valence-corrected chi connectivity index (χ0v) is 20.5. The van der Waals surface area contributed by atoms with Crippen LogP contribution < -0.4 is 5.32 Å². The van der Waals surface area contributed by atoms with Gasteiger partial charge in [0.15, 0.2) is 5.69 Å². The minimum atomic E-state index is -0.368. The molecule has 0 aliphatic heterocycles. The van der Waals surface area contributed by atoms with Gasteiger partial charge in [0.2, 0.25) is 0 Å². The molecule has 1 fully saturated rings. The number of nitrogens with zero attached hydrogens (tertiary/aromatic N) is 3. The summed E-state index contributed by atoms with van der Waals surface area (Å²) in [5.74, 6) is 0.0639. The second kappa shape index (κ2) is 9.84. The maximum absolute atomic E-state index is 13.2. The van der Waals surface area contributed by atoms with E-state index in [1.54, 1.807) is 30.3 Å². The fourth-order valence-corrected chi connectivity index (χ4v) is 5.77. The number of hydrogen-bond donors (Lipinski definition) is 1. The normalized spacial score (nSPS) is 15.3. The number of carbonyl (C=O) groups is 1. The van der Waals surface area contributed by atoms with Gasteiger partial charge >= 0.3 is 0 Å². The summed E-state index contributed by atoms with van der Waals surface area (Å²) in [6.07, 6.45) is 5.80. The molecule has 9 heteroatoms. The average Bonchev–Trinajstić information content (AvgIpc) is 3.37. The van der Waals surface area contributed by atoms with Crippen molar-refractivity contribution in [3.05, 3.63) is 56.0 Å². The topological polar surface area (TPSA) is 70.7 Å². The summed E-state index contributed by atoms with van der Waals surface area (Å²) in [5, 5.41) is 18.5. The van der Waals surface area contributed by atoms with Gasteiger partial charge < -0.3 is 5.32 Å². The van der Waals surface area contributed by atoms with E-state index in [9.17, 15) is 10.1 Å². The molecule has 2 aromatic heterocycles. The summed E-state index contributed by atoms with van der Waals surface area (Å²) >= 11 is 20.0. The highest BCUT2D eigenvalue weighted by Gasteiger charge is 2.29. The van der Waals surface area contributed by atoms with E-state index in [1.807, 2.05) is 6.92 Å². The summed E-state index contributed by atoms with van der Waals surface area (Å²) in [4.78, 5) is 13.9. The molecule has 2 heterocycles. The van der Waals surface area contributed by atoms with Crippen LogP contribution in [0, 0.1) is 17.2 Å². The van der Waals surface area contributed by atoms with Crippen molar-refractivity contribution in [3.8, 4) is 22.3 Å². The Bertz CT molecular complexity index is 1190. The van der Waals surface area contributed by atoms with Crippen LogP contribution in [0.3, 0.4) is 0 Å². The SMILES string of the molecule is CC(NC(=O)c1nn(-c2ccc(Cl)cc2Cl)c(-c2ccc(Cl)s2)c1C#N)C1CCCCC1. The number of benzene rings is 1. The number of amides is 1. The number of carbonyl (C=O) groups excluding carboxylic acids is 1. The molecule has 1 aliphatic rings. The van der Waals surface area contributed by atoms with Crippen LogP contribution in [0.2, 0.25) is 14.4 Å². The van der Waals surface area contributed by atoms with E-state index in [1.165, 1.54) is 35.3 Å².